The van der Waals surface area contributed by atoms with Gasteiger partial charge in [-0.2, -0.15) is 0 Å². The van der Waals surface area contributed by atoms with E-state index in [4.69, 9.17) is 14.4 Å². The van der Waals surface area contributed by atoms with Crippen LogP contribution in [0.3, 0.4) is 0 Å². The largest absolute Gasteiger partial charge is 0.455 e. The molecule has 2 heterocycles. The van der Waals surface area contributed by atoms with Gasteiger partial charge in [0.1, 0.15) is 11.2 Å². The maximum absolute atomic E-state index is 6.55. The highest BCUT2D eigenvalue weighted by molar-refractivity contribution is 6.09. The number of aromatic nitrogens is 2. The van der Waals surface area contributed by atoms with E-state index < -0.39 is 5.41 Å². The molecule has 260 valence electrons. The van der Waals surface area contributed by atoms with Crippen LogP contribution in [0.2, 0.25) is 0 Å². The second-order valence-corrected chi connectivity index (χ2v) is 14.8. The van der Waals surface area contributed by atoms with Crippen molar-refractivity contribution in [3.63, 3.8) is 0 Å². The van der Waals surface area contributed by atoms with Gasteiger partial charge in [-0.15, -0.1) is 0 Å². The fourth-order valence-electron chi connectivity index (χ4n) is 9.61. The topological polar surface area (TPSA) is 38.9 Å². The lowest BCUT2D eigenvalue weighted by molar-refractivity contribution is 0.670. The fourth-order valence-corrected chi connectivity index (χ4v) is 9.61. The van der Waals surface area contributed by atoms with E-state index in [-0.39, 0.29) is 0 Å². The van der Waals surface area contributed by atoms with Crippen LogP contribution in [0.5, 0.6) is 0 Å². The highest BCUT2D eigenvalue weighted by atomic mass is 16.3. The van der Waals surface area contributed by atoms with Crippen molar-refractivity contribution in [2.75, 3.05) is 0 Å². The SMILES string of the molecule is c1ccc(-c2nc(-c3ccc4c(c3)C3(c5ccccc5-c5ccccc5-4)c4ccccc4-c4ccccc43)cc(-c3cccc4c3oc3ccccc34)n2)cc1. The number of hydrogen-bond donors (Lipinski definition) is 0. The third-order valence-electron chi connectivity index (χ3n) is 11.9. The summed E-state index contributed by atoms with van der Waals surface area (Å²) in [6, 6.07) is 69.8. The monoisotopic (exact) mass is 712 g/mol. The van der Waals surface area contributed by atoms with Gasteiger partial charge in [0.2, 0.25) is 0 Å². The zero-order valence-corrected chi connectivity index (χ0v) is 30.3. The molecule has 0 atom stereocenters. The van der Waals surface area contributed by atoms with E-state index >= 15 is 0 Å². The van der Waals surface area contributed by atoms with Gasteiger partial charge in [0.25, 0.3) is 0 Å². The van der Waals surface area contributed by atoms with Crippen molar-refractivity contribution in [1.82, 2.24) is 9.97 Å². The Morgan fingerprint density at radius 2 is 0.857 bits per heavy atom. The average molecular weight is 713 g/mol. The van der Waals surface area contributed by atoms with Crippen LogP contribution in [-0.4, -0.2) is 9.97 Å². The van der Waals surface area contributed by atoms with Crippen LogP contribution in [0.4, 0.5) is 0 Å². The van der Waals surface area contributed by atoms with E-state index in [0.717, 1.165) is 50.0 Å². The molecule has 0 aliphatic heterocycles. The average Bonchev–Trinajstić information content (AvgIpc) is 3.77. The van der Waals surface area contributed by atoms with Gasteiger partial charge in [0.05, 0.1) is 16.8 Å². The van der Waals surface area contributed by atoms with Crippen molar-refractivity contribution in [2.24, 2.45) is 0 Å². The summed E-state index contributed by atoms with van der Waals surface area (Å²) in [5.74, 6) is 0.670. The summed E-state index contributed by atoms with van der Waals surface area (Å²) in [5.41, 5.74) is 18.3. The Balaban J connectivity index is 1.18. The molecule has 3 heteroatoms. The van der Waals surface area contributed by atoms with E-state index in [2.05, 4.69) is 164 Å². The molecule has 0 fully saturated rings. The van der Waals surface area contributed by atoms with E-state index in [1.54, 1.807) is 0 Å². The molecule has 0 unspecified atom stereocenters. The van der Waals surface area contributed by atoms with Crippen LogP contribution in [-0.2, 0) is 5.41 Å². The molecule has 0 saturated heterocycles. The first kappa shape index (κ1) is 31.0. The molecule has 0 saturated carbocycles. The normalized spacial score (nSPS) is 13.1. The Hall–Kier alpha value is -7.36. The van der Waals surface area contributed by atoms with Gasteiger partial charge in [0.15, 0.2) is 5.82 Å². The molecule has 10 aromatic rings. The van der Waals surface area contributed by atoms with Crippen molar-refractivity contribution in [1.29, 1.82) is 0 Å². The summed E-state index contributed by atoms with van der Waals surface area (Å²) in [4.78, 5) is 10.6. The minimum absolute atomic E-state index is 0.577. The summed E-state index contributed by atoms with van der Waals surface area (Å²) in [6.07, 6.45) is 0. The van der Waals surface area contributed by atoms with Gasteiger partial charge in [0, 0.05) is 27.5 Å². The molecule has 56 heavy (non-hydrogen) atoms. The van der Waals surface area contributed by atoms with Crippen molar-refractivity contribution in [2.45, 2.75) is 5.41 Å². The Morgan fingerprint density at radius 3 is 1.55 bits per heavy atom. The Morgan fingerprint density at radius 1 is 0.339 bits per heavy atom. The summed E-state index contributed by atoms with van der Waals surface area (Å²) in [7, 11) is 0. The molecular formula is C53H32N2O. The maximum atomic E-state index is 6.55. The standard InChI is InChI=1S/C53H32N2O/c1-2-15-33(16-3-1)52-54-48(32-49(55-52)43-24-14-23-42-41-22-9-13-28-50(41)56-51(42)43)34-29-30-40-36-18-5-4-17-35(36)37-19-6-10-25-44(37)53(47(40)31-34)45-26-11-7-20-38(45)39-21-8-12-27-46(39)53/h1-32H. The smallest absolute Gasteiger partial charge is 0.160 e. The van der Waals surface area contributed by atoms with Crippen LogP contribution in [0.25, 0.3) is 89.2 Å². The van der Waals surface area contributed by atoms with Crippen LogP contribution in [0.1, 0.15) is 22.3 Å². The minimum Gasteiger partial charge on any atom is -0.455 e. The van der Waals surface area contributed by atoms with Crippen molar-refractivity contribution in [3.8, 4) is 67.3 Å². The number of hydrogen-bond acceptors (Lipinski definition) is 3. The molecule has 8 aromatic carbocycles. The van der Waals surface area contributed by atoms with Crippen LogP contribution >= 0.6 is 0 Å². The molecule has 2 aliphatic carbocycles. The molecule has 3 nitrogen and oxygen atoms in total. The molecule has 12 rings (SSSR count). The maximum Gasteiger partial charge on any atom is 0.160 e. The molecule has 0 radical (unpaired) electrons. The van der Waals surface area contributed by atoms with Crippen molar-refractivity contribution < 1.29 is 4.42 Å². The van der Waals surface area contributed by atoms with E-state index in [0.29, 0.717) is 5.82 Å². The Labute approximate surface area is 324 Å². The minimum atomic E-state index is -0.577. The predicted octanol–water partition coefficient (Wildman–Crippen LogP) is 13.4. The van der Waals surface area contributed by atoms with Gasteiger partial charge < -0.3 is 4.42 Å². The zero-order valence-electron chi connectivity index (χ0n) is 30.3. The second-order valence-electron chi connectivity index (χ2n) is 14.8. The first-order chi connectivity index (χ1) is 27.8. The number of nitrogens with zero attached hydrogens (tertiary/aromatic N) is 2. The van der Waals surface area contributed by atoms with E-state index in [9.17, 15) is 0 Å². The summed E-state index contributed by atoms with van der Waals surface area (Å²) < 4.78 is 6.55. The lowest BCUT2D eigenvalue weighted by atomic mass is 9.65. The third-order valence-corrected chi connectivity index (χ3v) is 11.9. The molecular weight excluding hydrogens is 681 g/mol. The Kier molecular flexibility index (Phi) is 6.55. The van der Waals surface area contributed by atoms with Gasteiger partial charge in [-0.3, -0.25) is 0 Å². The molecule has 0 bridgehead atoms. The lowest BCUT2D eigenvalue weighted by Gasteiger charge is -2.35. The van der Waals surface area contributed by atoms with Crippen molar-refractivity contribution in [3.05, 3.63) is 216 Å². The molecule has 2 aliphatic rings. The summed E-state index contributed by atoms with van der Waals surface area (Å²) in [5, 5.41) is 2.16. The molecule has 0 N–H and O–H groups in total. The highest BCUT2D eigenvalue weighted by Gasteiger charge is 2.49. The molecule has 1 spiro atoms. The summed E-state index contributed by atoms with van der Waals surface area (Å²) >= 11 is 0. The number of rotatable bonds is 3. The zero-order chi connectivity index (χ0) is 36.8. The third kappa shape index (κ3) is 4.28. The predicted molar refractivity (Wildman–Crippen MR) is 227 cm³/mol. The molecule has 0 amide bonds. The second kappa shape index (κ2) is 11.8. The quantitative estimate of drug-likeness (QED) is 0.183. The van der Waals surface area contributed by atoms with Gasteiger partial charge in [-0.1, -0.05) is 170 Å². The van der Waals surface area contributed by atoms with Gasteiger partial charge in [-0.25, -0.2) is 9.97 Å². The summed E-state index contributed by atoms with van der Waals surface area (Å²) in [6.45, 7) is 0. The first-order valence-electron chi connectivity index (χ1n) is 19.2. The van der Waals surface area contributed by atoms with Gasteiger partial charge in [-0.05, 0) is 79.9 Å². The first-order valence-corrected chi connectivity index (χ1v) is 19.2. The number of para-hydroxylation sites is 2. The van der Waals surface area contributed by atoms with E-state index in [1.807, 2.05) is 30.3 Å². The number of fused-ring (bicyclic) bond motifs is 15. The van der Waals surface area contributed by atoms with Crippen LogP contribution < -0.4 is 0 Å². The van der Waals surface area contributed by atoms with Gasteiger partial charge >= 0.3 is 0 Å². The van der Waals surface area contributed by atoms with E-state index in [1.165, 1.54) is 55.6 Å². The Bertz CT molecular complexity index is 3170. The van der Waals surface area contributed by atoms with Crippen LogP contribution in [0.15, 0.2) is 199 Å². The fraction of sp³-hybridized carbons (Fsp3) is 0.0189. The molecule has 2 aromatic heterocycles. The number of benzene rings is 8. The number of furan rings is 1. The van der Waals surface area contributed by atoms with Crippen LogP contribution in [0, 0.1) is 0 Å². The van der Waals surface area contributed by atoms with Crippen molar-refractivity contribution >= 4 is 21.9 Å². The highest BCUT2D eigenvalue weighted by Crippen LogP contribution is 2.61. The lowest BCUT2D eigenvalue weighted by Crippen LogP contribution is -2.29.